The molecular weight excluding hydrogens is 146 g/mol. The molecule has 1 rings (SSSR count). The van der Waals surface area contributed by atoms with Gasteiger partial charge in [-0.15, -0.1) is 0 Å². The summed E-state index contributed by atoms with van der Waals surface area (Å²) in [5.74, 6) is 2.16. The average Bonchev–Trinajstić information content (AvgIpc) is 2.05. The third kappa shape index (κ3) is 2.09. The highest BCUT2D eigenvalue weighted by Gasteiger charge is 2.27. The lowest BCUT2D eigenvalue weighted by Gasteiger charge is -2.33. The molecule has 3 atom stereocenters. The molecule has 0 aromatic carbocycles. The number of rotatable bonds is 3. The molecule has 0 radical (unpaired) electrons. The van der Waals surface area contributed by atoms with E-state index in [1.54, 1.807) is 6.21 Å². The van der Waals surface area contributed by atoms with Crippen LogP contribution in [0.25, 0.3) is 0 Å². The fourth-order valence-electron chi connectivity index (χ4n) is 2.56. The highest BCUT2D eigenvalue weighted by Crippen LogP contribution is 2.35. The fraction of sp³-hybridized carbons (Fsp3) is 0.909. The van der Waals surface area contributed by atoms with Gasteiger partial charge in [0.2, 0.25) is 0 Å². The van der Waals surface area contributed by atoms with Crippen LogP contribution < -0.4 is 0 Å². The van der Waals surface area contributed by atoms with Crippen molar-refractivity contribution in [2.45, 2.75) is 46.0 Å². The van der Waals surface area contributed by atoms with E-state index >= 15 is 0 Å². The van der Waals surface area contributed by atoms with Crippen molar-refractivity contribution in [1.29, 1.82) is 5.41 Å². The van der Waals surface area contributed by atoms with Crippen LogP contribution in [0.4, 0.5) is 0 Å². The zero-order valence-electron chi connectivity index (χ0n) is 8.34. The molecule has 0 saturated heterocycles. The second kappa shape index (κ2) is 4.64. The highest BCUT2D eigenvalue weighted by atomic mass is 14.4. The molecule has 3 unspecified atom stereocenters. The van der Waals surface area contributed by atoms with Gasteiger partial charge in [-0.25, -0.2) is 0 Å². The van der Waals surface area contributed by atoms with Crippen molar-refractivity contribution in [1.82, 2.24) is 0 Å². The first-order valence-electron chi connectivity index (χ1n) is 5.30. The van der Waals surface area contributed by atoms with Crippen molar-refractivity contribution in [2.24, 2.45) is 17.8 Å². The van der Waals surface area contributed by atoms with E-state index in [0.717, 1.165) is 11.8 Å². The molecule has 0 aliphatic heterocycles. The Labute approximate surface area is 76.1 Å². The Morgan fingerprint density at radius 1 is 1.42 bits per heavy atom. The van der Waals surface area contributed by atoms with Gasteiger partial charge in [0.25, 0.3) is 0 Å². The highest BCUT2D eigenvalue weighted by molar-refractivity contribution is 5.57. The summed E-state index contributed by atoms with van der Waals surface area (Å²) in [4.78, 5) is 0. The average molecular weight is 167 g/mol. The van der Waals surface area contributed by atoms with Gasteiger partial charge in [0.05, 0.1) is 0 Å². The van der Waals surface area contributed by atoms with E-state index in [4.69, 9.17) is 5.41 Å². The molecule has 0 bridgehead atoms. The van der Waals surface area contributed by atoms with E-state index in [1.165, 1.54) is 32.1 Å². The van der Waals surface area contributed by atoms with Gasteiger partial charge in [-0.05, 0) is 30.4 Å². The van der Waals surface area contributed by atoms with Crippen molar-refractivity contribution < 1.29 is 0 Å². The summed E-state index contributed by atoms with van der Waals surface area (Å²) in [6.07, 6.45) is 8.38. The Hall–Kier alpha value is -0.330. The van der Waals surface area contributed by atoms with Crippen LogP contribution in [0, 0.1) is 23.2 Å². The first-order valence-corrected chi connectivity index (χ1v) is 5.30. The Bertz CT molecular complexity index is 140. The Balaban J connectivity index is 2.51. The molecule has 1 N–H and O–H groups in total. The Morgan fingerprint density at radius 3 is 2.75 bits per heavy atom. The van der Waals surface area contributed by atoms with E-state index < -0.39 is 0 Å². The van der Waals surface area contributed by atoms with Gasteiger partial charge in [-0.2, -0.15) is 0 Å². The summed E-state index contributed by atoms with van der Waals surface area (Å²) >= 11 is 0. The molecule has 1 aliphatic carbocycles. The standard InChI is InChI=1S/C11H21N/c1-3-5-10-7-4-6-9(2)11(10)8-12/h8-12H,3-7H2,1-2H3. The molecule has 1 aliphatic rings. The normalized spacial score (nSPS) is 36.3. The zero-order chi connectivity index (χ0) is 8.97. The summed E-state index contributed by atoms with van der Waals surface area (Å²) in [5, 5.41) is 7.41. The maximum atomic E-state index is 7.41. The fourth-order valence-corrected chi connectivity index (χ4v) is 2.56. The second-order valence-corrected chi connectivity index (χ2v) is 4.20. The molecule has 0 aromatic heterocycles. The molecule has 12 heavy (non-hydrogen) atoms. The summed E-state index contributed by atoms with van der Waals surface area (Å²) in [6.45, 7) is 4.55. The van der Waals surface area contributed by atoms with Gasteiger partial charge in [-0.1, -0.05) is 39.5 Å². The minimum absolute atomic E-state index is 0.582. The van der Waals surface area contributed by atoms with Gasteiger partial charge < -0.3 is 5.41 Å². The first kappa shape index (κ1) is 9.76. The Kier molecular flexibility index (Phi) is 3.77. The van der Waals surface area contributed by atoms with Crippen LogP contribution in [0.2, 0.25) is 0 Å². The second-order valence-electron chi connectivity index (χ2n) is 4.20. The summed E-state index contributed by atoms with van der Waals surface area (Å²) in [5.41, 5.74) is 0. The third-order valence-electron chi connectivity index (χ3n) is 3.29. The lowest BCUT2D eigenvalue weighted by molar-refractivity contribution is 0.216. The van der Waals surface area contributed by atoms with Crippen LogP contribution >= 0.6 is 0 Å². The molecule has 1 saturated carbocycles. The lowest BCUT2D eigenvalue weighted by atomic mass is 9.72. The smallest absolute Gasteiger partial charge is 0.00109 e. The zero-order valence-corrected chi connectivity index (χ0v) is 8.34. The van der Waals surface area contributed by atoms with Crippen LogP contribution in [-0.2, 0) is 0 Å². The van der Waals surface area contributed by atoms with Crippen molar-refractivity contribution in [3.05, 3.63) is 0 Å². The molecule has 0 aromatic rings. The van der Waals surface area contributed by atoms with Crippen LogP contribution in [0.15, 0.2) is 0 Å². The molecular formula is C11H21N. The molecule has 0 spiro atoms. The molecule has 0 amide bonds. The van der Waals surface area contributed by atoms with Gasteiger partial charge in [0, 0.05) is 0 Å². The Morgan fingerprint density at radius 2 is 2.17 bits per heavy atom. The van der Waals surface area contributed by atoms with Crippen LogP contribution in [0.1, 0.15) is 46.0 Å². The molecule has 0 heterocycles. The van der Waals surface area contributed by atoms with Crippen LogP contribution in [0.3, 0.4) is 0 Å². The lowest BCUT2D eigenvalue weighted by Crippen LogP contribution is -2.27. The summed E-state index contributed by atoms with van der Waals surface area (Å²) < 4.78 is 0. The van der Waals surface area contributed by atoms with Gasteiger partial charge in [-0.3, -0.25) is 0 Å². The number of hydrogen-bond acceptors (Lipinski definition) is 1. The third-order valence-corrected chi connectivity index (χ3v) is 3.29. The maximum Gasteiger partial charge on any atom is -0.00109 e. The van der Waals surface area contributed by atoms with Crippen molar-refractivity contribution in [2.75, 3.05) is 0 Å². The van der Waals surface area contributed by atoms with Gasteiger partial charge in [0.1, 0.15) is 0 Å². The predicted molar refractivity (Wildman–Crippen MR) is 53.7 cm³/mol. The monoisotopic (exact) mass is 167 g/mol. The first-order chi connectivity index (χ1) is 5.79. The van der Waals surface area contributed by atoms with Crippen molar-refractivity contribution in [3.8, 4) is 0 Å². The van der Waals surface area contributed by atoms with Crippen LogP contribution in [0.5, 0.6) is 0 Å². The molecule has 1 heteroatoms. The SMILES string of the molecule is CCCC1CCCC(C)C1C=N. The predicted octanol–water partition coefficient (Wildman–Crippen LogP) is 3.49. The topological polar surface area (TPSA) is 23.9 Å². The largest absolute Gasteiger partial charge is 0.313 e. The van der Waals surface area contributed by atoms with Gasteiger partial charge in [0.15, 0.2) is 0 Å². The van der Waals surface area contributed by atoms with E-state index in [1.807, 2.05) is 0 Å². The minimum atomic E-state index is 0.582. The molecule has 1 nitrogen and oxygen atoms in total. The minimum Gasteiger partial charge on any atom is -0.313 e. The van der Waals surface area contributed by atoms with Crippen LogP contribution in [-0.4, -0.2) is 6.21 Å². The van der Waals surface area contributed by atoms with E-state index in [2.05, 4.69) is 13.8 Å². The molecule has 70 valence electrons. The van der Waals surface area contributed by atoms with Crippen molar-refractivity contribution in [3.63, 3.8) is 0 Å². The summed E-state index contributed by atoms with van der Waals surface area (Å²) in [6, 6.07) is 0. The number of nitrogens with one attached hydrogen (secondary N) is 1. The van der Waals surface area contributed by atoms with E-state index in [0.29, 0.717) is 5.92 Å². The van der Waals surface area contributed by atoms with E-state index in [-0.39, 0.29) is 0 Å². The van der Waals surface area contributed by atoms with Gasteiger partial charge >= 0.3 is 0 Å². The quantitative estimate of drug-likeness (QED) is 0.622. The number of hydrogen-bond donors (Lipinski definition) is 1. The van der Waals surface area contributed by atoms with E-state index in [9.17, 15) is 0 Å². The van der Waals surface area contributed by atoms with Crippen molar-refractivity contribution >= 4 is 6.21 Å². The maximum absolute atomic E-state index is 7.41. The summed E-state index contributed by atoms with van der Waals surface area (Å²) in [7, 11) is 0. The molecule has 1 fully saturated rings.